The van der Waals surface area contributed by atoms with Gasteiger partial charge in [-0.25, -0.2) is 4.98 Å². The number of hydrogen-bond acceptors (Lipinski definition) is 6. The average Bonchev–Trinajstić information content (AvgIpc) is 3.36. The number of aromatic nitrogens is 1. The van der Waals surface area contributed by atoms with Gasteiger partial charge in [0.1, 0.15) is 11.9 Å². The summed E-state index contributed by atoms with van der Waals surface area (Å²) in [5.41, 5.74) is 5.67. The van der Waals surface area contributed by atoms with Crippen LogP contribution in [0.4, 0.5) is 5.82 Å². The lowest BCUT2D eigenvalue weighted by Crippen LogP contribution is -2.36. The third kappa shape index (κ3) is 6.16. The number of nitrogens with zero attached hydrogens (tertiary/aromatic N) is 2. The highest BCUT2D eigenvalue weighted by molar-refractivity contribution is 5.76. The van der Waals surface area contributed by atoms with Gasteiger partial charge in [-0.3, -0.25) is 9.69 Å². The molecule has 1 aromatic carbocycles. The van der Waals surface area contributed by atoms with Gasteiger partial charge in [0.25, 0.3) is 0 Å². The van der Waals surface area contributed by atoms with E-state index in [1.54, 1.807) is 0 Å². The standard InChI is InChI=1S/C30H41N3O4/c1-20(2)27-17-26-22(19-37-27)7-5-10-25(26)28(30(34)35)33-15-13-24(18-33)36-16-4-3-9-23-12-11-21-8-6-14-31-29(21)32-23/h5,7,10-12,20,24,27-28H,3-4,6,8-9,13-19H2,1-2H3,(H,31,32)(H,34,35)/t24-,27?,28?/m1/s1. The maximum absolute atomic E-state index is 12.5. The average molecular weight is 508 g/mol. The monoisotopic (exact) mass is 507 g/mol. The van der Waals surface area contributed by atoms with Crippen LogP contribution in [-0.2, 0) is 40.1 Å². The van der Waals surface area contributed by atoms with E-state index in [1.165, 1.54) is 12.0 Å². The fraction of sp³-hybridized carbons (Fsp3) is 0.600. The fourth-order valence-corrected chi connectivity index (χ4v) is 5.96. The van der Waals surface area contributed by atoms with Gasteiger partial charge < -0.3 is 19.9 Å². The summed E-state index contributed by atoms with van der Waals surface area (Å²) >= 11 is 0. The highest BCUT2D eigenvalue weighted by Crippen LogP contribution is 2.34. The molecule has 7 nitrogen and oxygen atoms in total. The molecule has 3 aliphatic rings. The predicted molar refractivity (Wildman–Crippen MR) is 144 cm³/mol. The lowest BCUT2D eigenvalue weighted by Gasteiger charge is -2.33. The number of hydrogen-bond donors (Lipinski definition) is 2. The van der Waals surface area contributed by atoms with Crippen molar-refractivity contribution in [2.24, 2.45) is 5.92 Å². The van der Waals surface area contributed by atoms with Gasteiger partial charge in [-0.05, 0) is 79.2 Å². The van der Waals surface area contributed by atoms with E-state index in [0.717, 1.165) is 79.8 Å². The molecule has 1 saturated heterocycles. The summed E-state index contributed by atoms with van der Waals surface area (Å²) in [7, 11) is 0. The Morgan fingerprint density at radius 3 is 2.97 bits per heavy atom. The number of nitrogens with one attached hydrogen (secondary N) is 1. The number of benzene rings is 1. The Labute approximate surface area is 220 Å². The smallest absolute Gasteiger partial charge is 0.325 e. The molecule has 0 amide bonds. The highest BCUT2D eigenvalue weighted by Gasteiger charge is 2.36. The molecule has 37 heavy (non-hydrogen) atoms. The van der Waals surface area contributed by atoms with E-state index in [9.17, 15) is 9.90 Å². The molecule has 5 rings (SSSR count). The number of carboxylic acids is 1. The molecule has 0 saturated carbocycles. The topological polar surface area (TPSA) is 83.9 Å². The molecule has 2 aromatic rings. The summed E-state index contributed by atoms with van der Waals surface area (Å²) in [4.78, 5) is 19.4. The summed E-state index contributed by atoms with van der Waals surface area (Å²) in [6.45, 7) is 7.99. The van der Waals surface area contributed by atoms with E-state index in [0.29, 0.717) is 25.7 Å². The summed E-state index contributed by atoms with van der Waals surface area (Å²) in [5.74, 6) is 0.674. The SMILES string of the molecule is CC(C)C1Cc2c(cccc2C(C(=O)O)N2CC[C@@H](OCCCCc3ccc4c(n3)NCCC4)C2)CO1. The summed E-state index contributed by atoms with van der Waals surface area (Å²) in [5, 5.41) is 13.7. The molecule has 0 radical (unpaired) electrons. The Balaban J connectivity index is 1.13. The van der Waals surface area contributed by atoms with Gasteiger partial charge >= 0.3 is 5.97 Å². The summed E-state index contributed by atoms with van der Waals surface area (Å²) in [6.07, 6.45) is 7.12. The molecular formula is C30H41N3O4. The van der Waals surface area contributed by atoms with Crippen LogP contribution in [0.25, 0.3) is 0 Å². The summed E-state index contributed by atoms with van der Waals surface area (Å²) < 4.78 is 12.2. The predicted octanol–water partition coefficient (Wildman–Crippen LogP) is 4.78. The van der Waals surface area contributed by atoms with Gasteiger partial charge in [0, 0.05) is 31.9 Å². The molecule has 3 atom stereocenters. The van der Waals surface area contributed by atoms with E-state index in [4.69, 9.17) is 14.5 Å². The minimum atomic E-state index is -0.784. The molecule has 1 aromatic heterocycles. The molecule has 2 unspecified atom stereocenters. The zero-order chi connectivity index (χ0) is 25.8. The fourth-order valence-electron chi connectivity index (χ4n) is 5.96. The number of anilines is 1. The van der Waals surface area contributed by atoms with Crippen molar-refractivity contribution < 1.29 is 19.4 Å². The maximum atomic E-state index is 12.5. The Morgan fingerprint density at radius 2 is 2.14 bits per heavy atom. The number of rotatable bonds is 10. The van der Waals surface area contributed by atoms with E-state index in [2.05, 4.69) is 42.3 Å². The molecule has 2 N–H and O–H groups in total. The third-order valence-electron chi connectivity index (χ3n) is 8.11. The zero-order valence-corrected chi connectivity index (χ0v) is 22.2. The molecule has 7 heteroatoms. The number of ether oxygens (including phenoxy) is 2. The molecule has 0 aliphatic carbocycles. The third-order valence-corrected chi connectivity index (χ3v) is 8.11. The Bertz CT molecular complexity index is 1090. The van der Waals surface area contributed by atoms with Crippen LogP contribution < -0.4 is 5.32 Å². The number of pyridine rings is 1. The first kappa shape index (κ1) is 26.1. The number of aliphatic carboxylic acids is 1. The van der Waals surface area contributed by atoms with Crippen LogP contribution in [0.5, 0.6) is 0 Å². The van der Waals surface area contributed by atoms with Crippen molar-refractivity contribution >= 4 is 11.8 Å². The van der Waals surface area contributed by atoms with Crippen LogP contribution in [0.1, 0.15) is 73.5 Å². The van der Waals surface area contributed by atoms with Crippen molar-refractivity contribution in [3.63, 3.8) is 0 Å². The molecule has 3 aliphatic heterocycles. The number of unbranched alkanes of at least 4 members (excludes halogenated alkanes) is 1. The Hall–Kier alpha value is -2.48. The zero-order valence-electron chi connectivity index (χ0n) is 22.2. The van der Waals surface area contributed by atoms with Gasteiger partial charge in [-0.15, -0.1) is 0 Å². The number of aryl methyl sites for hydroxylation is 2. The van der Waals surface area contributed by atoms with Gasteiger partial charge in [-0.2, -0.15) is 0 Å². The quantitative estimate of drug-likeness (QED) is 0.448. The normalized spacial score (nSPS) is 22.4. The second-order valence-electron chi connectivity index (χ2n) is 11.1. The van der Waals surface area contributed by atoms with E-state index in [1.807, 2.05) is 12.1 Å². The summed E-state index contributed by atoms with van der Waals surface area (Å²) in [6, 6.07) is 9.77. The van der Waals surface area contributed by atoms with Gasteiger partial charge in [0.15, 0.2) is 0 Å². The van der Waals surface area contributed by atoms with Crippen LogP contribution in [-0.4, -0.2) is 59.4 Å². The molecule has 200 valence electrons. The van der Waals surface area contributed by atoms with Gasteiger partial charge in [-0.1, -0.05) is 38.1 Å². The van der Waals surface area contributed by atoms with Crippen molar-refractivity contribution in [3.05, 3.63) is 58.3 Å². The second-order valence-corrected chi connectivity index (χ2v) is 11.1. The van der Waals surface area contributed by atoms with Crippen molar-refractivity contribution in [1.82, 2.24) is 9.88 Å². The van der Waals surface area contributed by atoms with Crippen molar-refractivity contribution in [2.75, 3.05) is 31.6 Å². The lowest BCUT2D eigenvalue weighted by atomic mass is 9.87. The second kappa shape index (κ2) is 11.9. The number of carboxylic acid groups (broad SMARTS) is 1. The van der Waals surface area contributed by atoms with Crippen LogP contribution >= 0.6 is 0 Å². The van der Waals surface area contributed by atoms with Crippen LogP contribution in [0.2, 0.25) is 0 Å². The Morgan fingerprint density at radius 1 is 1.24 bits per heavy atom. The van der Waals surface area contributed by atoms with E-state index < -0.39 is 12.0 Å². The van der Waals surface area contributed by atoms with E-state index in [-0.39, 0.29) is 12.2 Å². The number of fused-ring (bicyclic) bond motifs is 2. The first-order chi connectivity index (χ1) is 18.0. The molecule has 4 heterocycles. The first-order valence-corrected chi connectivity index (χ1v) is 14.0. The van der Waals surface area contributed by atoms with Gasteiger partial charge in [0.2, 0.25) is 0 Å². The molecule has 0 spiro atoms. The van der Waals surface area contributed by atoms with Crippen LogP contribution in [0.3, 0.4) is 0 Å². The van der Waals surface area contributed by atoms with Crippen LogP contribution in [0, 0.1) is 5.92 Å². The highest BCUT2D eigenvalue weighted by atomic mass is 16.5. The first-order valence-electron chi connectivity index (χ1n) is 14.0. The number of likely N-dealkylation sites (tertiary alicyclic amines) is 1. The Kier molecular flexibility index (Phi) is 8.43. The molecular weight excluding hydrogens is 466 g/mol. The molecule has 0 bridgehead atoms. The lowest BCUT2D eigenvalue weighted by molar-refractivity contribution is -0.143. The minimum absolute atomic E-state index is 0.0826. The maximum Gasteiger partial charge on any atom is 0.325 e. The molecule has 1 fully saturated rings. The van der Waals surface area contributed by atoms with Crippen LogP contribution in [0.15, 0.2) is 30.3 Å². The van der Waals surface area contributed by atoms with Crippen molar-refractivity contribution in [1.29, 1.82) is 0 Å². The van der Waals surface area contributed by atoms with Crippen molar-refractivity contribution in [3.8, 4) is 0 Å². The largest absolute Gasteiger partial charge is 0.480 e. The minimum Gasteiger partial charge on any atom is -0.480 e. The number of carbonyl (C=O) groups is 1. The van der Waals surface area contributed by atoms with E-state index >= 15 is 0 Å². The van der Waals surface area contributed by atoms with Gasteiger partial charge in [0.05, 0.1) is 18.8 Å². The van der Waals surface area contributed by atoms with Crippen molar-refractivity contribution in [2.45, 2.75) is 83.6 Å².